The Morgan fingerprint density at radius 3 is 1.50 bits per heavy atom. The van der Waals surface area contributed by atoms with Gasteiger partial charge in [-0.25, -0.2) is 4.79 Å². The van der Waals surface area contributed by atoms with Crippen LogP contribution in [-0.4, -0.2) is 6.03 Å². The molecule has 0 bridgehead atoms. The van der Waals surface area contributed by atoms with E-state index < -0.39 is 6.03 Å². The first-order chi connectivity index (χ1) is 5.42. The summed E-state index contributed by atoms with van der Waals surface area (Å²) in [6.07, 6.45) is 2.08. The predicted octanol–water partition coefficient (Wildman–Crippen LogP) is 1.53. The zero-order valence-corrected chi connectivity index (χ0v) is 8.09. The van der Waals surface area contributed by atoms with E-state index in [4.69, 9.17) is 10.1 Å². The summed E-state index contributed by atoms with van der Waals surface area (Å²) in [4.78, 5) is 9.00. The standard InChI is InChI=1S/C5H10.C2H3N.CH4N2O/c1-4-5(2)3;1-2-3;2-1(3)4/h4H,1-3H3;1H3;(H4,2,3,4). The molecule has 0 atom stereocenters. The lowest BCUT2D eigenvalue weighted by molar-refractivity contribution is 0.256. The highest BCUT2D eigenvalue weighted by molar-refractivity contribution is 5.69. The number of rotatable bonds is 0. The Bertz CT molecular complexity index is 160. The molecule has 0 aliphatic carbocycles. The van der Waals surface area contributed by atoms with Crippen molar-refractivity contribution in [1.29, 1.82) is 5.26 Å². The Labute approximate surface area is 73.8 Å². The number of nitriles is 1. The summed E-state index contributed by atoms with van der Waals surface area (Å²) >= 11 is 0. The molecule has 0 radical (unpaired) electrons. The first kappa shape index (κ1) is 16.8. The SMILES string of the molecule is CC#N.CC=C(C)C.NC(N)=O. The zero-order chi connectivity index (χ0) is 10.6. The number of hydrogen-bond acceptors (Lipinski definition) is 2. The van der Waals surface area contributed by atoms with Crippen LogP contribution in [0.25, 0.3) is 0 Å². The number of nitrogens with two attached hydrogens (primary N) is 2. The number of amides is 2. The Hall–Kier alpha value is -1.50. The molecule has 0 unspecified atom stereocenters. The number of nitrogens with zero attached hydrogens (tertiary/aromatic N) is 1. The number of hydrogen-bond donors (Lipinski definition) is 2. The summed E-state index contributed by atoms with van der Waals surface area (Å²) in [6, 6.07) is 0.917. The summed E-state index contributed by atoms with van der Waals surface area (Å²) in [5, 5.41) is 7.32. The molecule has 12 heavy (non-hydrogen) atoms. The van der Waals surface area contributed by atoms with Crippen molar-refractivity contribution in [1.82, 2.24) is 0 Å². The van der Waals surface area contributed by atoms with Crippen LogP contribution >= 0.6 is 0 Å². The molecule has 0 aromatic carbocycles. The molecule has 0 aliphatic heterocycles. The number of urea groups is 1. The van der Waals surface area contributed by atoms with Gasteiger partial charge in [0, 0.05) is 6.92 Å². The van der Waals surface area contributed by atoms with E-state index in [1.54, 1.807) is 6.07 Å². The van der Waals surface area contributed by atoms with Crippen molar-refractivity contribution < 1.29 is 4.79 Å². The van der Waals surface area contributed by atoms with Gasteiger partial charge >= 0.3 is 6.03 Å². The van der Waals surface area contributed by atoms with E-state index in [1.807, 2.05) is 6.92 Å². The second kappa shape index (κ2) is 16.2. The fourth-order valence-corrected chi connectivity index (χ4v) is 0. The molecular formula is C8H17N3O. The number of carbonyl (C=O) groups is 1. The van der Waals surface area contributed by atoms with E-state index in [0.29, 0.717) is 0 Å². The van der Waals surface area contributed by atoms with Crippen LogP contribution in [0.2, 0.25) is 0 Å². The molecule has 0 fully saturated rings. The van der Waals surface area contributed by atoms with Gasteiger partial charge < -0.3 is 11.5 Å². The minimum atomic E-state index is -0.833. The van der Waals surface area contributed by atoms with E-state index in [1.165, 1.54) is 12.5 Å². The molecule has 70 valence electrons. The van der Waals surface area contributed by atoms with Crippen LogP contribution in [0.3, 0.4) is 0 Å². The lowest BCUT2D eigenvalue weighted by Crippen LogP contribution is -2.18. The fourth-order valence-electron chi connectivity index (χ4n) is 0. The van der Waals surface area contributed by atoms with Gasteiger partial charge in [0.2, 0.25) is 0 Å². The molecule has 0 spiro atoms. The minimum absolute atomic E-state index is 0.833. The summed E-state index contributed by atoms with van der Waals surface area (Å²) in [5.74, 6) is 0. The Morgan fingerprint density at radius 2 is 1.50 bits per heavy atom. The maximum absolute atomic E-state index is 9.00. The lowest BCUT2D eigenvalue weighted by Gasteiger charge is -1.74. The van der Waals surface area contributed by atoms with Crippen molar-refractivity contribution in [2.45, 2.75) is 27.7 Å². The number of allylic oxidation sites excluding steroid dienone is 2. The molecule has 2 amide bonds. The molecule has 4 heteroatoms. The van der Waals surface area contributed by atoms with Gasteiger partial charge in [0.05, 0.1) is 6.07 Å². The van der Waals surface area contributed by atoms with Crippen molar-refractivity contribution in [3.8, 4) is 6.07 Å². The highest BCUT2D eigenvalue weighted by atomic mass is 16.2. The van der Waals surface area contributed by atoms with Crippen molar-refractivity contribution in [2.75, 3.05) is 0 Å². The normalized spacial score (nSPS) is 5.58. The van der Waals surface area contributed by atoms with E-state index in [0.717, 1.165) is 0 Å². The predicted molar refractivity (Wildman–Crippen MR) is 50.2 cm³/mol. The summed E-state index contributed by atoms with van der Waals surface area (Å²) in [7, 11) is 0. The molecule has 0 saturated carbocycles. The average Bonchev–Trinajstić information content (AvgIpc) is 1.88. The monoisotopic (exact) mass is 171 g/mol. The molecule has 4 nitrogen and oxygen atoms in total. The van der Waals surface area contributed by atoms with E-state index in [-0.39, 0.29) is 0 Å². The maximum atomic E-state index is 9.00. The van der Waals surface area contributed by atoms with Crippen LogP contribution in [0.5, 0.6) is 0 Å². The second-order valence-corrected chi connectivity index (χ2v) is 1.99. The summed E-state index contributed by atoms with van der Waals surface area (Å²) in [5.41, 5.74) is 9.88. The Balaban J connectivity index is -0.000000105. The van der Waals surface area contributed by atoms with Crippen LogP contribution in [0.1, 0.15) is 27.7 Å². The number of carbonyl (C=O) groups excluding carboxylic acids is 1. The molecule has 0 saturated heterocycles. The van der Waals surface area contributed by atoms with Gasteiger partial charge in [-0.15, -0.1) is 0 Å². The van der Waals surface area contributed by atoms with Gasteiger partial charge in [-0.1, -0.05) is 11.6 Å². The zero-order valence-electron chi connectivity index (χ0n) is 8.09. The second-order valence-electron chi connectivity index (χ2n) is 1.99. The van der Waals surface area contributed by atoms with Crippen molar-refractivity contribution in [2.24, 2.45) is 11.5 Å². The molecular weight excluding hydrogens is 154 g/mol. The number of primary amides is 2. The molecule has 0 aromatic heterocycles. The van der Waals surface area contributed by atoms with Gasteiger partial charge in [-0.3, -0.25) is 0 Å². The van der Waals surface area contributed by atoms with Crippen LogP contribution in [-0.2, 0) is 0 Å². The third-order valence-electron chi connectivity index (χ3n) is 0.577. The van der Waals surface area contributed by atoms with E-state index in [9.17, 15) is 0 Å². The molecule has 0 heterocycles. The van der Waals surface area contributed by atoms with Gasteiger partial charge in [-0.2, -0.15) is 5.26 Å². The van der Waals surface area contributed by atoms with Crippen LogP contribution in [0, 0.1) is 11.3 Å². The van der Waals surface area contributed by atoms with Crippen LogP contribution in [0.4, 0.5) is 4.79 Å². The summed E-state index contributed by atoms with van der Waals surface area (Å²) < 4.78 is 0. The maximum Gasteiger partial charge on any atom is 0.309 e. The molecule has 0 aromatic rings. The quantitative estimate of drug-likeness (QED) is 0.541. The smallest absolute Gasteiger partial charge is 0.309 e. The molecule has 0 rings (SSSR count). The van der Waals surface area contributed by atoms with Gasteiger partial charge in [0.1, 0.15) is 0 Å². The Morgan fingerprint density at radius 1 is 1.42 bits per heavy atom. The molecule has 0 aliphatic rings. The fraction of sp³-hybridized carbons (Fsp3) is 0.500. The average molecular weight is 171 g/mol. The van der Waals surface area contributed by atoms with Gasteiger partial charge in [0.15, 0.2) is 0 Å². The van der Waals surface area contributed by atoms with Crippen molar-refractivity contribution >= 4 is 6.03 Å². The third-order valence-corrected chi connectivity index (χ3v) is 0.577. The highest BCUT2D eigenvalue weighted by Gasteiger charge is 1.61. The first-order valence-corrected chi connectivity index (χ1v) is 3.37. The highest BCUT2D eigenvalue weighted by Crippen LogP contribution is 1.82. The van der Waals surface area contributed by atoms with Crippen LogP contribution in [0.15, 0.2) is 11.6 Å². The summed E-state index contributed by atoms with van der Waals surface area (Å²) in [6.45, 7) is 7.63. The third kappa shape index (κ3) is 1910. The minimum Gasteiger partial charge on any atom is -0.352 e. The topological polar surface area (TPSA) is 92.9 Å². The largest absolute Gasteiger partial charge is 0.352 e. The Kier molecular flexibility index (Phi) is 22.8. The van der Waals surface area contributed by atoms with Gasteiger partial charge in [-0.05, 0) is 20.8 Å². The van der Waals surface area contributed by atoms with Crippen molar-refractivity contribution in [3.63, 3.8) is 0 Å². The van der Waals surface area contributed by atoms with E-state index >= 15 is 0 Å². The van der Waals surface area contributed by atoms with Crippen LogP contribution < -0.4 is 11.5 Å². The first-order valence-electron chi connectivity index (χ1n) is 3.37. The lowest BCUT2D eigenvalue weighted by atomic mass is 10.3. The molecule has 4 N–H and O–H groups in total. The van der Waals surface area contributed by atoms with Gasteiger partial charge in [0.25, 0.3) is 0 Å². The van der Waals surface area contributed by atoms with Crippen molar-refractivity contribution in [3.05, 3.63) is 11.6 Å². The van der Waals surface area contributed by atoms with E-state index in [2.05, 4.69) is 31.4 Å².